The molecule has 23 heavy (non-hydrogen) atoms. The number of hydrogen-bond acceptors (Lipinski definition) is 2. The Hall–Kier alpha value is -2.29. The molecule has 0 fully saturated rings. The van der Waals surface area contributed by atoms with Gasteiger partial charge >= 0.3 is 6.09 Å². The summed E-state index contributed by atoms with van der Waals surface area (Å²) in [6.07, 6.45) is -0.232. The van der Waals surface area contributed by atoms with Crippen LogP contribution in [-0.4, -0.2) is 30.2 Å². The largest absolute Gasteiger partial charge is 0.448 e. The maximum absolute atomic E-state index is 12.3. The van der Waals surface area contributed by atoms with Gasteiger partial charge in [-0.3, -0.25) is 0 Å². The minimum Gasteiger partial charge on any atom is -0.448 e. The average molecular weight is 309 g/mol. The predicted molar refractivity (Wildman–Crippen MR) is 92.6 cm³/mol. The number of rotatable bonds is 4. The van der Waals surface area contributed by atoms with Gasteiger partial charge in [0, 0.05) is 18.5 Å². The molecular weight excluding hydrogens is 286 g/mol. The van der Waals surface area contributed by atoms with Gasteiger partial charge in [0.05, 0.1) is 0 Å². The maximum Gasteiger partial charge on any atom is 0.410 e. The molecule has 0 aliphatic heterocycles. The van der Waals surface area contributed by atoms with E-state index < -0.39 is 0 Å². The van der Waals surface area contributed by atoms with Crippen LogP contribution in [0.3, 0.4) is 0 Å². The number of hydrogen-bond donors (Lipinski definition) is 0. The summed E-state index contributed by atoms with van der Waals surface area (Å²) in [5.41, 5.74) is 4.99. The fraction of sp³-hybridized carbons (Fsp3) is 0.350. The monoisotopic (exact) mass is 309 g/mol. The molecule has 3 rings (SSSR count). The zero-order valence-corrected chi connectivity index (χ0v) is 14.0. The molecule has 0 N–H and O–H groups in total. The molecule has 1 aliphatic rings. The molecule has 0 spiro atoms. The fourth-order valence-corrected chi connectivity index (χ4v) is 3.38. The van der Waals surface area contributed by atoms with Crippen molar-refractivity contribution in [3.8, 4) is 11.1 Å². The van der Waals surface area contributed by atoms with Crippen LogP contribution in [0.4, 0.5) is 4.79 Å². The van der Waals surface area contributed by atoms with Gasteiger partial charge in [0.2, 0.25) is 0 Å². The highest BCUT2D eigenvalue weighted by atomic mass is 16.6. The summed E-state index contributed by atoms with van der Waals surface area (Å²) in [6.45, 7) is 7.03. The van der Waals surface area contributed by atoms with E-state index in [0.717, 1.165) is 0 Å². The summed E-state index contributed by atoms with van der Waals surface area (Å²) >= 11 is 0. The topological polar surface area (TPSA) is 29.5 Å². The second-order valence-corrected chi connectivity index (χ2v) is 6.18. The van der Waals surface area contributed by atoms with Crippen molar-refractivity contribution in [2.45, 2.75) is 32.7 Å². The Morgan fingerprint density at radius 1 is 1.04 bits per heavy atom. The summed E-state index contributed by atoms with van der Waals surface area (Å²) in [4.78, 5) is 14.0. The Morgan fingerprint density at radius 3 is 2.04 bits per heavy atom. The Morgan fingerprint density at radius 2 is 1.57 bits per heavy atom. The third-order valence-corrected chi connectivity index (χ3v) is 4.53. The van der Waals surface area contributed by atoms with Crippen molar-refractivity contribution in [1.82, 2.24) is 4.90 Å². The van der Waals surface area contributed by atoms with E-state index in [2.05, 4.69) is 36.4 Å². The SMILES string of the molecule is CCN(C(=O)OCC1c2ccccc2-c2ccccc21)C(C)C. The zero-order valence-electron chi connectivity index (χ0n) is 14.0. The van der Waals surface area contributed by atoms with E-state index in [9.17, 15) is 4.79 Å². The summed E-state index contributed by atoms with van der Waals surface area (Å²) < 4.78 is 5.64. The molecule has 1 aliphatic carbocycles. The first kappa shape index (κ1) is 15.6. The highest BCUT2D eigenvalue weighted by Crippen LogP contribution is 2.44. The molecule has 0 aromatic heterocycles. The molecule has 1 amide bonds. The van der Waals surface area contributed by atoms with Crippen LogP contribution in [0.5, 0.6) is 0 Å². The van der Waals surface area contributed by atoms with Crippen molar-refractivity contribution in [3.05, 3.63) is 59.7 Å². The average Bonchev–Trinajstić information content (AvgIpc) is 2.87. The number of nitrogens with zero attached hydrogens (tertiary/aromatic N) is 1. The van der Waals surface area contributed by atoms with E-state index in [1.807, 2.05) is 32.9 Å². The molecule has 0 heterocycles. The van der Waals surface area contributed by atoms with Crippen LogP contribution in [0.15, 0.2) is 48.5 Å². The zero-order chi connectivity index (χ0) is 16.4. The number of carbonyl (C=O) groups is 1. The fourth-order valence-electron chi connectivity index (χ4n) is 3.38. The van der Waals surface area contributed by atoms with Crippen LogP contribution in [0.2, 0.25) is 0 Å². The molecule has 2 aromatic carbocycles. The van der Waals surface area contributed by atoms with Crippen LogP contribution < -0.4 is 0 Å². The number of amides is 1. The highest BCUT2D eigenvalue weighted by Gasteiger charge is 2.29. The summed E-state index contributed by atoms with van der Waals surface area (Å²) in [5.74, 6) is 0.122. The second-order valence-electron chi connectivity index (χ2n) is 6.18. The summed E-state index contributed by atoms with van der Waals surface area (Å²) in [5, 5.41) is 0. The highest BCUT2D eigenvalue weighted by molar-refractivity contribution is 5.79. The summed E-state index contributed by atoms with van der Waals surface area (Å²) in [6, 6.07) is 16.9. The van der Waals surface area contributed by atoms with Crippen LogP contribution in [0, 0.1) is 0 Å². The van der Waals surface area contributed by atoms with Gasteiger partial charge in [0.15, 0.2) is 0 Å². The number of fused-ring (bicyclic) bond motifs is 3. The molecule has 2 aromatic rings. The van der Waals surface area contributed by atoms with Crippen LogP contribution in [0.25, 0.3) is 11.1 Å². The van der Waals surface area contributed by atoms with Gasteiger partial charge in [-0.05, 0) is 43.0 Å². The third-order valence-electron chi connectivity index (χ3n) is 4.53. The molecule has 0 atom stereocenters. The first-order valence-electron chi connectivity index (χ1n) is 8.25. The van der Waals surface area contributed by atoms with Gasteiger partial charge in [-0.2, -0.15) is 0 Å². The normalized spacial score (nSPS) is 12.9. The molecule has 0 bridgehead atoms. The predicted octanol–water partition coefficient (Wildman–Crippen LogP) is 4.67. The molecule has 0 saturated carbocycles. The summed E-state index contributed by atoms with van der Waals surface area (Å²) in [7, 11) is 0. The molecule has 3 nitrogen and oxygen atoms in total. The lowest BCUT2D eigenvalue weighted by atomic mass is 9.98. The Kier molecular flexibility index (Phi) is 4.37. The number of ether oxygens (including phenoxy) is 1. The van der Waals surface area contributed by atoms with Crippen molar-refractivity contribution in [3.63, 3.8) is 0 Å². The van der Waals surface area contributed by atoms with Gasteiger partial charge < -0.3 is 9.64 Å². The van der Waals surface area contributed by atoms with Gasteiger partial charge in [-0.1, -0.05) is 48.5 Å². The Balaban J connectivity index is 1.82. The van der Waals surface area contributed by atoms with E-state index in [1.54, 1.807) is 4.90 Å². The first-order chi connectivity index (χ1) is 11.1. The Bertz CT molecular complexity index is 663. The Labute approximate surface area is 137 Å². The number of carbonyl (C=O) groups excluding carboxylic acids is 1. The van der Waals surface area contributed by atoms with E-state index >= 15 is 0 Å². The number of benzene rings is 2. The molecule has 0 unspecified atom stereocenters. The third kappa shape index (κ3) is 2.83. The van der Waals surface area contributed by atoms with Crippen LogP contribution in [0.1, 0.15) is 37.8 Å². The maximum atomic E-state index is 12.3. The quantitative estimate of drug-likeness (QED) is 0.821. The lowest BCUT2D eigenvalue weighted by molar-refractivity contribution is 0.0916. The molecule has 0 saturated heterocycles. The van der Waals surface area contributed by atoms with Crippen molar-refractivity contribution in [2.24, 2.45) is 0 Å². The van der Waals surface area contributed by atoms with Crippen molar-refractivity contribution in [1.29, 1.82) is 0 Å². The molecular formula is C20H23NO2. The molecule has 3 heteroatoms. The standard InChI is InChI=1S/C20H23NO2/c1-4-21(14(2)3)20(22)23-13-19-17-11-7-5-9-15(17)16-10-6-8-12-18(16)19/h5-12,14,19H,4,13H2,1-3H3. The molecule has 0 radical (unpaired) electrons. The van der Waals surface area contributed by atoms with Crippen molar-refractivity contribution < 1.29 is 9.53 Å². The van der Waals surface area contributed by atoms with Gasteiger partial charge in [-0.15, -0.1) is 0 Å². The smallest absolute Gasteiger partial charge is 0.410 e. The first-order valence-corrected chi connectivity index (χ1v) is 8.25. The van der Waals surface area contributed by atoms with Gasteiger partial charge in [0.25, 0.3) is 0 Å². The molecule has 120 valence electrons. The minimum absolute atomic E-state index is 0.122. The lowest BCUT2D eigenvalue weighted by Crippen LogP contribution is -2.37. The minimum atomic E-state index is -0.232. The van der Waals surface area contributed by atoms with E-state index in [-0.39, 0.29) is 18.1 Å². The van der Waals surface area contributed by atoms with Gasteiger partial charge in [0.1, 0.15) is 6.61 Å². The van der Waals surface area contributed by atoms with E-state index in [1.165, 1.54) is 22.3 Å². The van der Waals surface area contributed by atoms with E-state index in [4.69, 9.17) is 4.74 Å². The van der Waals surface area contributed by atoms with Crippen molar-refractivity contribution >= 4 is 6.09 Å². The van der Waals surface area contributed by atoms with Crippen molar-refractivity contribution in [2.75, 3.05) is 13.2 Å². The van der Waals surface area contributed by atoms with E-state index in [0.29, 0.717) is 13.2 Å². The van der Waals surface area contributed by atoms with Crippen LogP contribution >= 0.6 is 0 Å². The second kappa shape index (κ2) is 6.45. The van der Waals surface area contributed by atoms with Crippen LogP contribution in [-0.2, 0) is 4.74 Å². The van der Waals surface area contributed by atoms with Gasteiger partial charge in [-0.25, -0.2) is 4.79 Å². The lowest BCUT2D eigenvalue weighted by Gasteiger charge is -2.25.